The first-order valence-corrected chi connectivity index (χ1v) is 18.3. The summed E-state index contributed by atoms with van der Waals surface area (Å²) >= 11 is 1.85. The van der Waals surface area contributed by atoms with Gasteiger partial charge in [0, 0.05) is 72.0 Å². The molecule has 0 saturated carbocycles. The van der Waals surface area contributed by atoms with E-state index in [1.807, 2.05) is 45.2 Å². The van der Waals surface area contributed by atoms with Crippen molar-refractivity contribution in [2.45, 2.75) is 60.3 Å². The van der Waals surface area contributed by atoms with Crippen molar-refractivity contribution in [3.63, 3.8) is 0 Å². The van der Waals surface area contributed by atoms with Crippen LogP contribution >= 0.6 is 11.3 Å². The second-order valence-corrected chi connectivity index (χ2v) is 13.9. The first kappa shape index (κ1) is 37.2. The maximum atomic E-state index is 11.7. The Labute approximate surface area is 313 Å². The fraction of sp³-hybridized carbons (Fsp3) is 0.273. The molecule has 3 aromatic heterocycles. The SMILES string of the molecule is CCC(CC)C(=O)/C=C(\O)C(CC)CC.Cc1c(-c2ccnc(-c3[c-]c4ccccc4c4c5ccccc5n(C)c34)c2)sc2ccccc12.[Ir]. The van der Waals surface area contributed by atoms with Crippen LogP contribution in [0, 0.1) is 24.8 Å². The molecule has 0 unspecified atom stereocenters. The third kappa shape index (κ3) is 7.07. The van der Waals surface area contributed by atoms with Crippen molar-refractivity contribution in [1.82, 2.24) is 9.55 Å². The van der Waals surface area contributed by atoms with Gasteiger partial charge in [-0.2, -0.15) is 0 Å². The van der Waals surface area contributed by atoms with Crippen LogP contribution < -0.4 is 0 Å². The maximum Gasteiger partial charge on any atom is 0.162 e. The Morgan fingerprint density at radius 1 is 0.860 bits per heavy atom. The number of rotatable bonds is 9. The van der Waals surface area contributed by atoms with E-state index in [1.165, 1.54) is 59.4 Å². The molecule has 0 bridgehead atoms. The topological polar surface area (TPSA) is 55.1 Å². The number of aliphatic hydroxyl groups is 1. The molecule has 0 amide bonds. The number of carbonyl (C=O) groups excluding carboxylic acids is 1. The van der Waals surface area contributed by atoms with Crippen LogP contribution in [0.4, 0.5) is 0 Å². The Hall–Kier alpha value is -4.09. The minimum Gasteiger partial charge on any atom is -0.512 e. The second kappa shape index (κ2) is 16.3. The van der Waals surface area contributed by atoms with Crippen LogP contribution in [-0.4, -0.2) is 20.4 Å². The molecule has 0 aliphatic rings. The molecule has 7 aromatic rings. The Balaban J connectivity index is 0.000000261. The van der Waals surface area contributed by atoms with Gasteiger partial charge in [0.05, 0.1) is 5.76 Å². The number of nitrogens with zero attached hydrogens (tertiary/aromatic N) is 2. The molecule has 1 radical (unpaired) electrons. The number of thiophene rings is 1. The Morgan fingerprint density at radius 2 is 1.48 bits per heavy atom. The molecule has 4 aromatic carbocycles. The molecule has 3 heterocycles. The van der Waals surface area contributed by atoms with Gasteiger partial charge in [-0.05, 0) is 78.2 Å². The van der Waals surface area contributed by atoms with Crippen molar-refractivity contribution in [3.05, 3.63) is 115 Å². The second-order valence-electron chi connectivity index (χ2n) is 12.8. The van der Waals surface area contributed by atoms with Crippen LogP contribution in [-0.2, 0) is 31.9 Å². The fourth-order valence-corrected chi connectivity index (χ4v) is 8.29. The average Bonchev–Trinajstić information content (AvgIpc) is 3.63. The predicted molar refractivity (Wildman–Crippen MR) is 209 cm³/mol. The summed E-state index contributed by atoms with van der Waals surface area (Å²) in [5.41, 5.74) is 6.94. The van der Waals surface area contributed by atoms with Crippen molar-refractivity contribution < 1.29 is 30.0 Å². The van der Waals surface area contributed by atoms with Gasteiger partial charge in [0.1, 0.15) is 0 Å². The van der Waals surface area contributed by atoms with Crippen LogP contribution in [0.1, 0.15) is 58.9 Å². The predicted octanol–water partition coefficient (Wildman–Crippen LogP) is 12.4. The van der Waals surface area contributed by atoms with Crippen LogP contribution in [0.2, 0.25) is 0 Å². The van der Waals surface area contributed by atoms with Crippen molar-refractivity contribution in [3.8, 4) is 21.7 Å². The number of benzene rings is 4. The van der Waals surface area contributed by atoms with Gasteiger partial charge in [0.25, 0.3) is 0 Å². The number of aromatic nitrogens is 2. The van der Waals surface area contributed by atoms with Crippen LogP contribution in [0.15, 0.2) is 103 Å². The quantitative estimate of drug-likeness (QED) is 0.0894. The molecule has 1 N–H and O–H groups in total. The summed E-state index contributed by atoms with van der Waals surface area (Å²) in [5, 5.41) is 16.0. The van der Waals surface area contributed by atoms with Crippen LogP contribution in [0.3, 0.4) is 0 Å². The van der Waals surface area contributed by atoms with Gasteiger partial charge < -0.3 is 9.67 Å². The van der Waals surface area contributed by atoms with Gasteiger partial charge in [-0.15, -0.1) is 28.9 Å². The van der Waals surface area contributed by atoms with Gasteiger partial charge in [0.2, 0.25) is 0 Å². The number of ketones is 1. The number of fused-ring (bicyclic) bond motifs is 6. The van der Waals surface area contributed by atoms with E-state index in [2.05, 4.69) is 110 Å². The molecule has 0 aliphatic heterocycles. The number of aliphatic hydroxyl groups excluding tert-OH is 1. The molecule has 259 valence electrons. The molecular weight excluding hydrogens is 813 g/mol. The summed E-state index contributed by atoms with van der Waals surface area (Å²) in [6, 6.07) is 33.9. The Kier molecular flexibility index (Phi) is 12.1. The first-order valence-electron chi connectivity index (χ1n) is 17.5. The van der Waals surface area contributed by atoms with Gasteiger partial charge in [-0.25, -0.2) is 0 Å². The molecule has 50 heavy (non-hydrogen) atoms. The van der Waals surface area contributed by atoms with E-state index in [1.54, 1.807) is 0 Å². The van der Waals surface area contributed by atoms with E-state index in [0.29, 0.717) is 0 Å². The molecule has 4 nitrogen and oxygen atoms in total. The third-order valence-corrected chi connectivity index (χ3v) is 11.3. The summed E-state index contributed by atoms with van der Waals surface area (Å²) in [4.78, 5) is 17.9. The summed E-state index contributed by atoms with van der Waals surface area (Å²) in [6.45, 7) is 10.3. The Morgan fingerprint density at radius 3 is 2.16 bits per heavy atom. The zero-order valence-corrected chi connectivity index (χ0v) is 32.9. The van der Waals surface area contributed by atoms with Gasteiger partial charge in [-0.1, -0.05) is 105 Å². The van der Waals surface area contributed by atoms with E-state index in [0.717, 1.165) is 42.3 Å². The minimum atomic E-state index is 0. The molecule has 0 atom stereocenters. The molecule has 0 aliphatic carbocycles. The van der Waals surface area contributed by atoms with E-state index >= 15 is 0 Å². The fourth-order valence-electron chi connectivity index (χ4n) is 7.09. The number of allylic oxidation sites excluding steroid dienone is 2. The summed E-state index contributed by atoms with van der Waals surface area (Å²) in [7, 11) is 2.15. The number of carbonyl (C=O) groups is 1. The number of aryl methyl sites for hydroxylation is 2. The summed E-state index contributed by atoms with van der Waals surface area (Å²) < 4.78 is 3.61. The molecule has 6 heteroatoms. The standard InChI is InChI=1S/C31H21N2S.C13H24O2.Ir/c1-19-22-10-6-8-14-28(22)34-31(19)21-15-16-32-26(18-21)25-17-20-9-3-4-11-23(20)29-24-12-5-7-13-27(24)33(2)30(25)29;1-5-10(6-2)12(14)9-13(15)11(7-3)8-4;/h3-16,18H,1-2H3;9-11,14H,5-8H2,1-4H3;/q-1;;/b;12-9-;. The van der Waals surface area contributed by atoms with Crippen molar-refractivity contribution in [2.24, 2.45) is 18.9 Å². The van der Waals surface area contributed by atoms with Gasteiger partial charge in [-0.3, -0.25) is 9.78 Å². The molecule has 0 fully saturated rings. The zero-order valence-electron chi connectivity index (χ0n) is 29.7. The number of hydrogen-bond donors (Lipinski definition) is 1. The van der Waals surface area contributed by atoms with Gasteiger partial charge in [0.15, 0.2) is 5.78 Å². The van der Waals surface area contributed by atoms with E-state index < -0.39 is 0 Å². The molecular formula is C44H45IrN2O2S-. The summed E-state index contributed by atoms with van der Waals surface area (Å²) in [5.74, 6) is 0.547. The summed E-state index contributed by atoms with van der Waals surface area (Å²) in [6.07, 6.45) is 6.84. The molecule has 7 rings (SSSR count). The van der Waals surface area contributed by atoms with E-state index in [-0.39, 0.29) is 43.5 Å². The largest absolute Gasteiger partial charge is 0.512 e. The van der Waals surface area contributed by atoms with Crippen molar-refractivity contribution in [2.75, 3.05) is 0 Å². The molecule has 0 saturated heterocycles. The smallest absolute Gasteiger partial charge is 0.162 e. The minimum absolute atomic E-state index is 0. The number of hydrogen-bond acceptors (Lipinski definition) is 4. The number of pyridine rings is 1. The van der Waals surface area contributed by atoms with Crippen LogP contribution in [0.25, 0.3) is 64.4 Å². The normalized spacial score (nSPS) is 11.8. The van der Waals surface area contributed by atoms with Crippen molar-refractivity contribution >= 4 is 59.8 Å². The monoisotopic (exact) mass is 858 g/mol. The third-order valence-electron chi connectivity index (χ3n) is 10.0. The maximum absolute atomic E-state index is 11.7. The van der Waals surface area contributed by atoms with Crippen molar-refractivity contribution in [1.29, 1.82) is 0 Å². The zero-order chi connectivity index (χ0) is 34.7. The first-order chi connectivity index (χ1) is 23.8. The van der Waals surface area contributed by atoms with Crippen LogP contribution in [0.5, 0.6) is 0 Å². The Bertz CT molecular complexity index is 2310. The number of para-hydroxylation sites is 1. The average molecular weight is 858 g/mol. The molecule has 0 spiro atoms. The van der Waals surface area contributed by atoms with Gasteiger partial charge >= 0.3 is 0 Å². The van der Waals surface area contributed by atoms with E-state index in [4.69, 9.17) is 4.98 Å². The van der Waals surface area contributed by atoms with E-state index in [9.17, 15) is 9.90 Å².